The highest BCUT2D eigenvalue weighted by Gasteiger charge is 2.18. The Kier molecular flexibility index (Phi) is 5.99. The average molecular weight is 362 g/mol. The number of rotatable bonds is 5. The van der Waals surface area contributed by atoms with Gasteiger partial charge in [-0.3, -0.25) is 9.59 Å². The van der Waals surface area contributed by atoms with Gasteiger partial charge in [-0.1, -0.05) is 6.07 Å². The van der Waals surface area contributed by atoms with E-state index < -0.39 is 0 Å². The molecule has 6 nitrogen and oxygen atoms in total. The van der Waals surface area contributed by atoms with Crippen LogP contribution in [0.3, 0.4) is 0 Å². The number of thioether (sulfide) groups is 1. The lowest BCUT2D eigenvalue weighted by atomic mass is 10.1. The zero-order valence-electron chi connectivity index (χ0n) is 14.2. The van der Waals surface area contributed by atoms with Crippen LogP contribution in [0, 0.1) is 6.92 Å². The van der Waals surface area contributed by atoms with Crippen molar-refractivity contribution in [2.24, 2.45) is 0 Å². The molecule has 0 aliphatic carbocycles. The van der Waals surface area contributed by atoms with Crippen molar-refractivity contribution < 1.29 is 19.1 Å². The zero-order valence-corrected chi connectivity index (χ0v) is 15.0. The van der Waals surface area contributed by atoms with Crippen LogP contribution >= 0.6 is 11.8 Å². The maximum absolute atomic E-state index is 12.3. The van der Waals surface area contributed by atoms with Gasteiger partial charge < -0.3 is 20.1 Å². The normalized spacial score (nSPS) is 19.7. The Balaban J connectivity index is 1.63. The summed E-state index contributed by atoms with van der Waals surface area (Å²) in [7, 11) is 0. The molecule has 0 bridgehead atoms. The summed E-state index contributed by atoms with van der Waals surface area (Å²) in [6.07, 6.45) is 2.11. The Hall–Kier alpha value is -1.99. The van der Waals surface area contributed by atoms with Crippen LogP contribution in [0.2, 0.25) is 0 Å². The monoisotopic (exact) mass is 362 g/mol. The van der Waals surface area contributed by atoms with Crippen LogP contribution in [0.25, 0.3) is 0 Å². The summed E-state index contributed by atoms with van der Waals surface area (Å²) < 4.78 is 10.9. The lowest BCUT2D eigenvalue weighted by Gasteiger charge is -2.16. The summed E-state index contributed by atoms with van der Waals surface area (Å²) in [6.45, 7) is 3.67. The number of hydrogen-bond acceptors (Lipinski definition) is 5. The molecule has 7 heteroatoms. The minimum Gasteiger partial charge on any atom is -0.487 e. The minimum absolute atomic E-state index is 0.0986. The van der Waals surface area contributed by atoms with Crippen molar-refractivity contribution in [3.63, 3.8) is 0 Å². The topological polar surface area (TPSA) is 76.7 Å². The van der Waals surface area contributed by atoms with Crippen molar-refractivity contribution in [3.8, 4) is 0 Å². The predicted octanol–water partition coefficient (Wildman–Crippen LogP) is 2.45. The van der Waals surface area contributed by atoms with Gasteiger partial charge in [0.2, 0.25) is 0 Å². The van der Waals surface area contributed by atoms with Gasteiger partial charge in [-0.05, 0) is 37.5 Å². The van der Waals surface area contributed by atoms with E-state index in [2.05, 4.69) is 10.6 Å². The third-order valence-corrected chi connectivity index (χ3v) is 4.92. The number of amides is 2. The Morgan fingerprint density at radius 3 is 2.88 bits per heavy atom. The Labute approximate surface area is 151 Å². The van der Waals surface area contributed by atoms with Crippen molar-refractivity contribution >= 4 is 29.3 Å². The molecular formula is C18H22N2O4S. The van der Waals surface area contributed by atoms with E-state index >= 15 is 0 Å². The van der Waals surface area contributed by atoms with Crippen molar-refractivity contribution in [2.45, 2.75) is 25.9 Å². The van der Waals surface area contributed by atoms with Crippen LogP contribution < -0.4 is 10.6 Å². The van der Waals surface area contributed by atoms with E-state index in [1.54, 1.807) is 29.3 Å². The Morgan fingerprint density at radius 2 is 2.16 bits per heavy atom. The number of aryl methyl sites for hydroxylation is 1. The second-order valence-electron chi connectivity index (χ2n) is 6.03. The standard InChI is InChI=1S/C18H22N2O4S/c1-12-4-5-13(17(21)19-10-14-3-2-6-23-14)9-15(12)20-18(22)16-11-25-8-7-24-16/h4-5,9,11,14H,2-3,6-8,10H2,1H3,(H,19,21)(H,20,22)/t14-/m1/s1. The van der Waals surface area contributed by atoms with Crippen molar-refractivity contribution in [3.05, 3.63) is 40.5 Å². The van der Waals surface area contributed by atoms with Gasteiger partial charge in [0, 0.05) is 35.6 Å². The van der Waals surface area contributed by atoms with Crippen molar-refractivity contribution in [1.82, 2.24) is 5.32 Å². The highest BCUT2D eigenvalue weighted by molar-refractivity contribution is 8.02. The third kappa shape index (κ3) is 4.76. The fraction of sp³-hybridized carbons (Fsp3) is 0.444. The number of anilines is 1. The molecule has 134 valence electrons. The summed E-state index contributed by atoms with van der Waals surface area (Å²) >= 11 is 1.55. The fourth-order valence-corrected chi connectivity index (χ4v) is 3.31. The molecule has 2 N–H and O–H groups in total. The molecule has 2 aliphatic rings. The highest BCUT2D eigenvalue weighted by Crippen LogP contribution is 2.21. The first-order chi connectivity index (χ1) is 12.1. The van der Waals surface area contributed by atoms with Crippen LogP contribution in [0.4, 0.5) is 5.69 Å². The summed E-state index contributed by atoms with van der Waals surface area (Å²) in [5.41, 5.74) is 2.00. The molecule has 1 fully saturated rings. The number of hydrogen-bond donors (Lipinski definition) is 2. The minimum atomic E-state index is -0.299. The molecule has 2 amide bonds. The smallest absolute Gasteiger partial charge is 0.291 e. The highest BCUT2D eigenvalue weighted by atomic mass is 32.2. The van der Waals surface area contributed by atoms with E-state index in [9.17, 15) is 9.59 Å². The number of ether oxygens (including phenoxy) is 2. The van der Waals surface area contributed by atoms with Gasteiger partial charge >= 0.3 is 0 Å². The maximum Gasteiger partial charge on any atom is 0.291 e. The Bertz CT molecular complexity index is 684. The molecule has 1 saturated heterocycles. The van der Waals surface area contributed by atoms with Crippen molar-refractivity contribution in [1.29, 1.82) is 0 Å². The van der Waals surface area contributed by atoms with E-state index in [-0.39, 0.29) is 17.9 Å². The van der Waals surface area contributed by atoms with Crippen LogP contribution in [0.15, 0.2) is 29.4 Å². The first-order valence-corrected chi connectivity index (χ1v) is 9.45. The van der Waals surface area contributed by atoms with Crippen LogP contribution in [0.1, 0.15) is 28.8 Å². The van der Waals surface area contributed by atoms with Gasteiger partial charge in [-0.15, -0.1) is 11.8 Å². The largest absolute Gasteiger partial charge is 0.487 e. The van der Waals surface area contributed by atoms with Gasteiger partial charge in [-0.25, -0.2) is 0 Å². The lowest BCUT2D eigenvalue weighted by molar-refractivity contribution is -0.116. The quantitative estimate of drug-likeness (QED) is 0.841. The maximum atomic E-state index is 12.3. The molecular weight excluding hydrogens is 340 g/mol. The first kappa shape index (κ1) is 17.8. The molecule has 2 heterocycles. The molecule has 1 atom stereocenters. The molecule has 0 saturated carbocycles. The molecule has 25 heavy (non-hydrogen) atoms. The molecule has 0 radical (unpaired) electrons. The molecule has 0 unspecified atom stereocenters. The van der Waals surface area contributed by atoms with Gasteiger partial charge in [0.05, 0.1) is 12.7 Å². The molecule has 0 spiro atoms. The third-order valence-electron chi connectivity index (χ3n) is 4.14. The average Bonchev–Trinajstić information content (AvgIpc) is 3.16. The van der Waals surface area contributed by atoms with Gasteiger partial charge in [-0.2, -0.15) is 0 Å². The first-order valence-electron chi connectivity index (χ1n) is 8.40. The molecule has 3 rings (SSSR count). The second-order valence-corrected chi connectivity index (χ2v) is 7.01. The SMILES string of the molecule is Cc1ccc(C(=O)NC[C@H]2CCCO2)cc1NC(=O)C1=CSCCO1. The van der Waals surface area contributed by atoms with Gasteiger partial charge in [0.25, 0.3) is 11.8 Å². The van der Waals surface area contributed by atoms with E-state index in [4.69, 9.17) is 9.47 Å². The van der Waals surface area contributed by atoms with E-state index in [0.29, 0.717) is 30.2 Å². The van der Waals surface area contributed by atoms with Crippen LogP contribution in [-0.2, 0) is 14.3 Å². The number of benzene rings is 1. The summed E-state index contributed by atoms with van der Waals surface area (Å²) in [5, 5.41) is 7.42. The second kappa shape index (κ2) is 8.40. The number of carbonyl (C=O) groups excluding carboxylic acids is 2. The van der Waals surface area contributed by atoms with Crippen LogP contribution in [-0.4, -0.2) is 43.4 Å². The predicted molar refractivity (Wildman–Crippen MR) is 97.6 cm³/mol. The summed E-state index contributed by atoms with van der Waals surface area (Å²) in [4.78, 5) is 24.6. The summed E-state index contributed by atoms with van der Waals surface area (Å²) in [6, 6.07) is 5.26. The van der Waals surface area contributed by atoms with Crippen molar-refractivity contribution in [2.75, 3.05) is 30.8 Å². The molecule has 0 aromatic heterocycles. The molecule has 2 aliphatic heterocycles. The van der Waals surface area contributed by atoms with E-state index in [1.807, 2.05) is 13.0 Å². The number of nitrogens with one attached hydrogen (secondary N) is 2. The lowest BCUT2D eigenvalue weighted by Crippen LogP contribution is -2.31. The Morgan fingerprint density at radius 1 is 1.28 bits per heavy atom. The molecule has 1 aromatic carbocycles. The zero-order chi connectivity index (χ0) is 17.6. The van der Waals surface area contributed by atoms with Crippen LogP contribution in [0.5, 0.6) is 0 Å². The van der Waals surface area contributed by atoms with Gasteiger partial charge in [0.1, 0.15) is 0 Å². The molecule has 1 aromatic rings. The summed E-state index contributed by atoms with van der Waals surface area (Å²) in [5.74, 6) is 0.682. The van der Waals surface area contributed by atoms with Gasteiger partial charge in [0.15, 0.2) is 5.76 Å². The van der Waals surface area contributed by atoms with E-state index in [0.717, 1.165) is 30.8 Å². The van der Waals surface area contributed by atoms with E-state index in [1.165, 1.54) is 0 Å². The fourth-order valence-electron chi connectivity index (χ4n) is 2.68. The number of carbonyl (C=O) groups is 2.